The largest absolute Gasteiger partial charge is 0.223 e. The lowest BCUT2D eigenvalue weighted by molar-refractivity contribution is 0.598. The molecular weight excluding hydrogens is 312 g/mol. The first-order valence-corrected chi connectivity index (χ1v) is 9.69. The monoisotopic (exact) mass is 332 g/mol. The molecule has 0 amide bonds. The summed E-state index contributed by atoms with van der Waals surface area (Å²) in [6.07, 6.45) is 0.847. The van der Waals surface area contributed by atoms with Crippen LogP contribution < -0.4 is 0 Å². The van der Waals surface area contributed by atoms with Gasteiger partial charge in [0.05, 0.1) is 10.6 Å². The fourth-order valence-electron chi connectivity index (χ4n) is 1.95. The number of rotatable bonds is 6. The van der Waals surface area contributed by atoms with Crippen LogP contribution in [0.2, 0.25) is 0 Å². The van der Waals surface area contributed by atoms with E-state index in [-0.39, 0.29) is 5.75 Å². The second kappa shape index (κ2) is 7.65. The van der Waals surface area contributed by atoms with Crippen LogP contribution in [0, 0.1) is 0 Å². The van der Waals surface area contributed by atoms with Gasteiger partial charge < -0.3 is 0 Å². The van der Waals surface area contributed by atoms with Gasteiger partial charge in [0, 0.05) is 9.80 Å². The Balaban J connectivity index is 2.29. The fraction of sp³-hybridized carbons (Fsp3) is 0.222. The highest BCUT2D eigenvalue weighted by Gasteiger charge is 2.18. The zero-order valence-corrected chi connectivity index (χ0v) is 14.5. The summed E-state index contributed by atoms with van der Waals surface area (Å²) < 4.78 is 25.2. The van der Waals surface area contributed by atoms with E-state index >= 15 is 0 Å². The van der Waals surface area contributed by atoms with Crippen molar-refractivity contribution in [2.75, 3.05) is 5.75 Å². The molecule has 0 unspecified atom stereocenters. The summed E-state index contributed by atoms with van der Waals surface area (Å²) >= 11 is 1.54. The molecule has 0 spiro atoms. The molecule has 0 aromatic heterocycles. The summed E-state index contributed by atoms with van der Waals surface area (Å²) in [5, 5.41) is 0. The van der Waals surface area contributed by atoms with Gasteiger partial charge in [0.25, 0.3) is 0 Å². The van der Waals surface area contributed by atoms with E-state index in [1.54, 1.807) is 36.0 Å². The van der Waals surface area contributed by atoms with Crippen molar-refractivity contribution in [3.05, 3.63) is 71.1 Å². The van der Waals surface area contributed by atoms with Crippen LogP contribution in [0.4, 0.5) is 0 Å². The first-order valence-electron chi connectivity index (χ1n) is 7.22. The molecule has 4 heteroatoms. The predicted octanol–water partition coefficient (Wildman–Crippen LogP) is 4.94. The van der Waals surface area contributed by atoms with Gasteiger partial charge in [0.2, 0.25) is 0 Å². The van der Waals surface area contributed by atoms with E-state index in [4.69, 9.17) is 0 Å². The van der Waals surface area contributed by atoms with E-state index in [1.165, 1.54) is 0 Å². The second-order valence-corrected chi connectivity index (χ2v) is 8.20. The third kappa shape index (κ3) is 4.49. The van der Waals surface area contributed by atoms with Gasteiger partial charge in [-0.3, -0.25) is 0 Å². The Morgan fingerprint density at radius 3 is 2.05 bits per heavy atom. The maximum absolute atomic E-state index is 12.6. The van der Waals surface area contributed by atoms with Crippen LogP contribution in [0.25, 0.3) is 0 Å². The highest BCUT2D eigenvalue weighted by Crippen LogP contribution is 2.32. The third-order valence-corrected chi connectivity index (χ3v) is 6.50. The van der Waals surface area contributed by atoms with E-state index < -0.39 is 9.84 Å². The van der Waals surface area contributed by atoms with Crippen molar-refractivity contribution in [1.82, 2.24) is 0 Å². The molecule has 0 aliphatic rings. The summed E-state index contributed by atoms with van der Waals surface area (Å²) in [4.78, 5) is 2.36. The first kappa shape index (κ1) is 16.8. The van der Waals surface area contributed by atoms with Gasteiger partial charge >= 0.3 is 0 Å². The summed E-state index contributed by atoms with van der Waals surface area (Å²) in [7, 11) is -3.31. The second-order valence-electron chi connectivity index (χ2n) is 5.04. The molecule has 0 aliphatic heterocycles. The molecule has 116 valence electrons. The Morgan fingerprint density at radius 1 is 0.955 bits per heavy atom. The van der Waals surface area contributed by atoms with Gasteiger partial charge in [0.15, 0.2) is 9.84 Å². The van der Waals surface area contributed by atoms with Crippen molar-refractivity contribution >= 4 is 21.6 Å². The van der Waals surface area contributed by atoms with Crippen LogP contribution in [-0.4, -0.2) is 14.2 Å². The zero-order valence-electron chi connectivity index (χ0n) is 12.8. The van der Waals surface area contributed by atoms with Crippen LogP contribution >= 0.6 is 11.8 Å². The van der Waals surface area contributed by atoms with Gasteiger partial charge in [-0.2, -0.15) is 0 Å². The van der Waals surface area contributed by atoms with Gasteiger partial charge in [-0.05, 0) is 37.6 Å². The number of thioether (sulfide) groups is 1. The molecule has 0 saturated carbocycles. The first-order chi connectivity index (χ1) is 10.5. The molecule has 0 radical (unpaired) electrons. The summed E-state index contributed by atoms with van der Waals surface area (Å²) in [5.41, 5.74) is 1.12. The third-order valence-electron chi connectivity index (χ3n) is 3.41. The SMILES string of the molecule is CC/C(C)=C(\CS(=O)(=O)c1ccccc1)Sc1ccccc1. The number of sulfone groups is 1. The standard InChI is InChI=1S/C18H20O2S2/c1-3-15(2)18(21-16-10-6-4-7-11-16)14-22(19,20)17-12-8-5-9-13-17/h4-13H,3,14H2,1-2H3/b18-15+. The molecule has 2 nitrogen and oxygen atoms in total. The minimum atomic E-state index is -3.31. The Bertz CT molecular complexity index is 733. The molecule has 0 atom stereocenters. The Morgan fingerprint density at radius 2 is 1.50 bits per heavy atom. The molecular formula is C18H20O2S2. The van der Waals surface area contributed by atoms with Gasteiger partial charge in [-0.15, -0.1) is 0 Å². The lowest BCUT2D eigenvalue weighted by atomic mass is 10.2. The number of hydrogen-bond acceptors (Lipinski definition) is 3. The van der Waals surface area contributed by atoms with Gasteiger partial charge in [-0.25, -0.2) is 8.42 Å². The number of allylic oxidation sites excluding steroid dienone is 1. The lowest BCUT2D eigenvalue weighted by Crippen LogP contribution is -2.09. The maximum atomic E-state index is 12.6. The molecule has 0 heterocycles. The molecule has 22 heavy (non-hydrogen) atoms. The van der Waals surface area contributed by atoms with Gasteiger partial charge in [-0.1, -0.05) is 60.7 Å². The minimum Gasteiger partial charge on any atom is -0.223 e. The molecule has 0 fully saturated rings. The van der Waals surface area contributed by atoms with E-state index in [2.05, 4.69) is 6.92 Å². The Hall–Kier alpha value is -1.52. The summed E-state index contributed by atoms with van der Waals surface area (Å²) in [5.74, 6) is 0.0518. The van der Waals surface area contributed by atoms with E-state index in [0.717, 1.165) is 21.8 Å². The summed E-state index contributed by atoms with van der Waals surface area (Å²) in [6, 6.07) is 18.5. The van der Waals surface area contributed by atoms with Crippen molar-refractivity contribution in [3.63, 3.8) is 0 Å². The van der Waals surface area contributed by atoms with Crippen LogP contribution in [0.15, 0.2) is 80.9 Å². The number of hydrogen-bond donors (Lipinski definition) is 0. The van der Waals surface area contributed by atoms with Crippen LogP contribution in [0.1, 0.15) is 20.3 Å². The Kier molecular flexibility index (Phi) is 5.86. The predicted molar refractivity (Wildman–Crippen MR) is 93.8 cm³/mol. The van der Waals surface area contributed by atoms with E-state index in [0.29, 0.717) is 4.90 Å². The Labute approximate surface area is 137 Å². The van der Waals surface area contributed by atoms with Gasteiger partial charge in [0.1, 0.15) is 0 Å². The lowest BCUT2D eigenvalue weighted by Gasteiger charge is -2.12. The van der Waals surface area contributed by atoms with Crippen LogP contribution in [-0.2, 0) is 9.84 Å². The fourth-order valence-corrected chi connectivity index (χ4v) is 4.88. The minimum absolute atomic E-state index is 0.0518. The van der Waals surface area contributed by atoms with E-state index in [1.807, 2.05) is 43.3 Å². The normalized spacial score (nSPS) is 12.8. The zero-order chi connectivity index (χ0) is 16.0. The quantitative estimate of drug-likeness (QED) is 0.703. The van der Waals surface area contributed by atoms with Crippen molar-refractivity contribution < 1.29 is 8.42 Å². The van der Waals surface area contributed by atoms with Crippen molar-refractivity contribution in [2.45, 2.75) is 30.1 Å². The van der Waals surface area contributed by atoms with Crippen molar-refractivity contribution in [2.24, 2.45) is 0 Å². The van der Waals surface area contributed by atoms with Crippen LogP contribution in [0.3, 0.4) is 0 Å². The molecule has 0 bridgehead atoms. The summed E-state index contributed by atoms with van der Waals surface area (Å²) in [6.45, 7) is 4.06. The molecule has 0 saturated heterocycles. The molecule has 0 N–H and O–H groups in total. The van der Waals surface area contributed by atoms with Crippen LogP contribution in [0.5, 0.6) is 0 Å². The molecule has 2 aromatic carbocycles. The number of benzene rings is 2. The molecule has 2 rings (SSSR count). The van der Waals surface area contributed by atoms with E-state index in [9.17, 15) is 8.42 Å². The average Bonchev–Trinajstić information content (AvgIpc) is 2.55. The average molecular weight is 332 g/mol. The topological polar surface area (TPSA) is 34.1 Å². The highest BCUT2D eigenvalue weighted by molar-refractivity contribution is 8.04. The maximum Gasteiger partial charge on any atom is 0.183 e. The molecule has 0 aliphatic carbocycles. The van der Waals surface area contributed by atoms with Crippen molar-refractivity contribution in [3.8, 4) is 0 Å². The molecule has 2 aromatic rings. The van der Waals surface area contributed by atoms with Crippen molar-refractivity contribution in [1.29, 1.82) is 0 Å². The highest BCUT2D eigenvalue weighted by atomic mass is 32.2. The smallest absolute Gasteiger partial charge is 0.183 e.